The Morgan fingerprint density at radius 1 is 0.903 bits per heavy atom. The normalized spacial score (nSPS) is 12.4. The van der Waals surface area contributed by atoms with E-state index < -0.39 is 17.8 Å². The van der Waals surface area contributed by atoms with Gasteiger partial charge in [0.25, 0.3) is 0 Å². The van der Waals surface area contributed by atoms with E-state index >= 15 is 0 Å². The Balaban J connectivity index is 1.69. The quantitative estimate of drug-likeness (QED) is 0.545. The maximum atomic E-state index is 13.2. The van der Waals surface area contributed by atoms with E-state index in [9.17, 15) is 18.0 Å². The summed E-state index contributed by atoms with van der Waals surface area (Å²) < 4.78 is 39.5. The summed E-state index contributed by atoms with van der Waals surface area (Å²) in [7, 11) is 0. The second-order valence-electron chi connectivity index (χ2n) is 7.02. The number of carbonyl (C=O) groups is 1. The molecule has 0 spiro atoms. The van der Waals surface area contributed by atoms with E-state index in [1.54, 1.807) is 24.8 Å². The number of amides is 1. The molecule has 2 aromatic heterocycles. The van der Waals surface area contributed by atoms with E-state index in [4.69, 9.17) is 0 Å². The number of nitrogens with one attached hydrogen (secondary N) is 2. The molecule has 0 aliphatic carbocycles. The van der Waals surface area contributed by atoms with Crippen molar-refractivity contribution in [3.8, 4) is 0 Å². The predicted molar refractivity (Wildman–Crippen MR) is 111 cm³/mol. The van der Waals surface area contributed by atoms with Crippen LogP contribution >= 0.6 is 0 Å². The van der Waals surface area contributed by atoms with E-state index in [0.717, 1.165) is 23.3 Å². The summed E-state index contributed by atoms with van der Waals surface area (Å²) in [4.78, 5) is 20.9. The lowest BCUT2D eigenvalue weighted by Crippen LogP contribution is -2.39. The first-order valence-electron chi connectivity index (χ1n) is 9.89. The summed E-state index contributed by atoms with van der Waals surface area (Å²) >= 11 is 0. The number of nitrogens with zero attached hydrogens (tertiary/aromatic N) is 2. The van der Waals surface area contributed by atoms with Crippen LogP contribution in [0.25, 0.3) is 0 Å². The van der Waals surface area contributed by atoms with Crippen LogP contribution in [-0.2, 0) is 23.8 Å². The van der Waals surface area contributed by atoms with Gasteiger partial charge in [0, 0.05) is 37.9 Å². The summed E-state index contributed by atoms with van der Waals surface area (Å²) in [6.45, 7) is 0.771. The Bertz CT molecular complexity index is 965. The minimum absolute atomic E-state index is 0.266. The van der Waals surface area contributed by atoms with Crippen LogP contribution in [-0.4, -0.2) is 29.0 Å². The van der Waals surface area contributed by atoms with Crippen LogP contribution in [0.1, 0.15) is 28.3 Å². The fraction of sp³-hybridized carbons (Fsp3) is 0.261. The maximum Gasteiger partial charge on any atom is 0.416 e. The van der Waals surface area contributed by atoms with E-state index in [0.29, 0.717) is 25.9 Å². The molecule has 2 heterocycles. The van der Waals surface area contributed by atoms with Gasteiger partial charge in [-0.1, -0.05) is 18.2 Å². The molecule has 1 unspecified atom stereocenters. The average molecular weight is 428 g/mol. The molecule has 3 rings (SSSR count). The van der Waals surface area contributed by atoms with Crippen molar-refractivity contribution in [3.63, 3.8) is 0 Å². The largest absolute Gasteiger partial charge is 0.416 e. The minimum Gasteiger partial charge on any atom is -0.354 e. The highest BCUT2D eigenvalue weighted by molar-refractivity contribution is 5.83. The molecule has 0 fully saturated rings. The standard InChI is InChI=1S/C23H23F3N4O/c24-23(25,26)20-5-1-4-19(15-20)21(29-13-9-18-3-2-10-28-16-18)22(31)30-14-8-17-6-11-27-12-7-17/h1-7,10-12,15-16,21,29H,8-9,13-14H2,(H,30,31). The average Bonchev–Trinajstić information content (AvgIpc) is 2.77. The Labute approximate surface area is 178 Å². The maximum absolute atomic E-state index is 13.2. The Morgan fingerprint density at radius 3 is 2.39 bits per heavy atom. The van der Waals surface area contributed by atoms with Gasteiger partial charge in [0.05, 0.1) is 5.56 Å². The smallest absolute Gasteiger partial charge is 0.354 e. The lowest BCUT2D eigenvalue weighted by atomic mass is 10.0. The molecule has 0 aliphatic rings. The highest BCUT2D eigenvalue weighted by atomic mass is 19.4. The molecule has 2 N–H and O–H groups in total. The zero-order valence-corrected chi connectivity index (χ0v) is 16.8. The van der Waals surface area contributed by atoms with Gasteiger partial charge in [-0.15, -0.1) is 0 Å². The van der Waals surface area contributed by atoms with Crippen LogP contribution in [0, 0.1) is 0 Å². The van der Waals surface area contributed by atoms with Crippen LogP contribution in [0.3, 0.4) is 0 Å². The molecule has 8 heteroatoms. The zero-order valence-electron chi connectivity index (χ0n) is 16.8. The van der Waals surface area contributed by atoms with Gasteiger partial charge in [0.1, 0.15) is 6.04 Å². The minimum atomic E-state index is -4.48. The third kappa shape index (κ3) is 6.89. The fourth-order valence-electron chi connectivity index (χ4n) is 3.14. The first kappa shape index (κ1) is 22.4. The monoisotopic (exact) mass is 428 g/mol. The van der Waals surface area contributed by atoms with Crippen molar-refractivity contribution in [2.45, 2.75) is 25.1 Å². The van der Waals surface area contributed by atoms with Crippen LogP contribution in [0.2, 0.25) is 0 Å². The molecule has 1 aromatic carbocycles. The molecule has 0 saturated carbocycles. The third-order valence-electron chi connectivity index (χ3n) is 4.76. The molecule has 1 atom stereocenters. The van der Waals surface area contributed by atoms with Gasteiger partial charge in [0.2, 0.25) is 5.91 Å². The lowest BCUT2D eigenvalue weighted by molar-refractivity contribution is -0.137. The van der Waals surface area contributed by atoms with E-state index in [1.165, 1.54) is 12.1 Å². The van der Waals surface area contributed by atoms with Crippen LogP contribution in [0.5, 0.6) is 0 Å². The van der Waals surface area contributed by atoms with Crippen LogP contribution < -0.4 is 10.6 Å². The summed E-state index contributed by atoms with van der Waals surface area (Å²) in [6, 6.07) is 11.4. The first-order valence-corrected chi connectivity index (χ1v) is 9.89. The fourth-order valence-corrected chi connectivity index (χ4v) is 3.14. The predicted octanol–water partition coefficient (Wildman–Crippen LogP) is 3.73. The molecule has 3 aromatic rings. The lowest BCUT2D eigenvalue weighted by Gasteiger charge is -2.20. The van der Waals surface area contributed by atoms with E-state index in [-0.39, 0.29) is 11.5 Å². The number of aromatic nitrogens is 2. The van der Waals surface area contributed by atoms with Crippen molar-refractivity contribution in [1.29, 1.82) is 0 Å². The number of carbonyl (C=O) groups excluding carboxylic acids is 1. The summed E-state index contributed by atoms with van der Waals surface area (Å²) in [5.41, 5.74) is 1.46. The number of benzene rings is 1. The highest BCUT2D eigenvalue weighted by Crippen LogP contribution is 2.30. The van der Waals surface area contributed by atoms with Crippen molar-refractivity contribution in [2.75, 3.05) is 13.1 Å². The zero-order chi connectivity index (χ0) is 22.1. The summed E-state index contributed by atoms with van der Waals surface area (Å²) in [5, 5.41) is 5.92. The van der Waals surface area contributed by atoms with E-state index in [2.05, 4.69) is 20.6 Å². The molecular formula is C23H23F3N4O. The van der Waals surface area contributed by atoms with Crippen molar-refractivity contribution < 1.29 is 18.0 Å². The second kappa shape index (κ2) is 10.7. The molecule has 0 bridgehead atoms. The Hall–Kier alpha value is -3.26. The number of hydrogen-bond donors (Lipinski definition) is 2. The topological polar surface area (TPSA) is 66.9 Å². The van der Waals surface area contributed by atoms with Gasteiger partial charge < -0.3 is 10.6 Å². The highest BCUT2D eigenvalue weighted by Gasteiger charge is 2.31. The Morgan fingerprint density at radius 2 is 1.68 bits per heavy atom. The van der Waals surface area contributed by atoms with Crippen molar-refractivity contribution in [3.05, 3.63) is 95.6 Å². The summed E-state index contributed by atoms with van der Waals surface area (Å²) in [6.07, 6.45) is 3.43. The molecule has 162 valence electrons. The number of hydrogen-bond acceptors (Lipinski definition) is 4. The van der Waals surface area contributed by atoms with Gasteiger partial charge in [0.15, 0.2) is 0 Å². The van der Waals surface area contributed by atoms with Gasteiger partial charge in [-0.2, -0.15) is 13.2 Å². The number of alkyl halides is 3. The summed E-state index contributed by atoms with van der Waals surface area (Å²) in [5.74, 6) is -0.375. The Kier molecular flexibility index (Phi) is 7.72. The van der Waals surface area contributed by atoms with Crippen molar-refractivity contribution in [1.82, 2.24) is 20.6 Å². The van der Waals surface area contributed by atoms with Crippen molar-refractivity contribution >= 4 is 5.91 Å². The second-order valence-corrected chi connectivity index (χ2v) is 7.02. The van der Waals surface area contributed by atoms with Crippen LogP contribution in [0.4, 0.5) is 13.2 Å². The molecular weight excluding hydrogens is 405 g/mol. The molecule has 5 nitrogen and oxygen atoms in total. The molecule has 0 aliphatic heterocycles. The number of rotatable bonds is 9. The first-order chi connectivity index (χ1) is 14.9. The SMILES string of the molecule is O=C(NCCc1ccncc1)C(NCCc1cccnc1)c1cccc(C(F)(F)F)c1. The number of halogens is 3. The molecule has 31 heavy (non-hydrogen) atoms. The molecule has 0 radical (unpaired) electrons. The van der Waals surface area contributed by atoms with Gasteiger partial charge in [-0.05, 0) is 59.9 Å². The van der Waals surface area contributed by atoms with Crippen molar-refractivity contribution in [2.24, 2.45) is 0 Å². The van der Waals surface area contributed by atoms with Gasteiger partial charge in [-0.25, -0.2) is 0 Å². The van der Waals surface area contributed by atoms with Gasteiger partial charge in [-0.3, -0.25) is 14.8 Å². The third-order valence-corrected chi connectivity index (χ3v) is 4.76. The van der Waals surface area contributed by atoms with Crippen LogP contribution in [0.15, 0.2) is 73.3 Å². The molecule has 0 saturated heterocycles. The molecule has 1 amide bonds. The van der Waals surface area contributed by atoms with E-state index in [1.807, 2.05) is 24.3 Å². The number of pyridine rings is 2. The van der Waals surface area contributed by atoms with Gasteiger partial charge >= 0.3 is 6.18 Å².